The maximum Gasteiger partial charge on any atom is 0.347 e. The van der Waals surface area contributed by atoms with Crippen LogP contribution in [0.25, 0.3) is 0 Å². The zero-order valence-electron chi connectivity index (χ0n) is 16.1. The summed E-state index contributed by atoms with van der Waals surface area (Å²) >= 11 is 0. The number of ether oxygens (including phenoxy) is 2. The molecule has 2 atom stereocenters. The molecule has 7 nitrogen and oxygen atoms in total. The van der Waals surface area contributed by atoms with Gasteiger partial charge in [-0.25, -0.2) is 13.2 Å². The van der Waals surface area contributed by atoms with Crippen molar-refractivity contribution in [2.45, 2.75) is 25.5 Å². The smallest absolute Gasteiger partial charge is 0.347 e. The van der Waals surface area contributed by atoms with Crippen LogP contribution in [0, 0.1) is 0 Å². The zero-order valence-corrected chi connectivity index (χ0v) is 16.9. The standard InChI is InChI=1S/C21H23NO6S/c1-16(28-19-10-6-3-7-11-19)21(24)27-14-20(23)22(17-8-4-2-5-9-17)18-12-13-29(25,26)15-18/h2-11,16,18H,12-15H2,1H3/t16-,18+/m1/s1. The van der Waals surface area contributed by atoms with E-state index in [1.165, 1.54) is 11.8 Å². The highest BCUT2D eigenvalue weighted by molar-refractivity contribution is 7.91. The van der Waals surface area contributed by atoms with Crippen molar-refractivity contribution in [2.75, 3.05) is 23.0 Å². The van der Waals surface area contributed by atoms with Crippen molar-refractivity contribution in [3.8, 4) is 5.75 Å². The van der Waals surface area contributed by atoms with Crippen LogP contribution in [0.4, 0.5) is 5.69 Å². The van der Waals surface area contributed by atoms with Crippen LogP contribution in [-0.2, 0) is 24.2 Å². The lowest BCUT2D eigenvalue weighted by molar-refractivity contribution is -0.154. The number of hydrogen-bond donors (Lipinski definition) is 0. The van der Waals surface area contributed by atoms with Crippen LogP contribution in [0.5, 0.6) is 5.75 Å². The Balaban J connectivity index is 1.64. The van der Waals surface area contributed by atoms with Gasteiger partial charge in [-0.3, -0.25) is 4.79 Å². The number of carbonyl (C=O) groups excluding carboxylic acids is 2. The van der Waals surface area contributed by atoms with Gasteiger partial charge in [0.1, 0.15) is 5.75 Å². The van der Waals surface area contributed by atoms with Gasteiger partial charge < -0.3 is 14.4 Å². The van der Waals surface area contributed by atoms with E-state index in [0.29, 0.717) is 17.9 Å². The first-order valence-electron chi connectivity index (χ1n) is 9.31. The van der Waals surface area contributed by atoms with Gasteiger partial charge in [-0.15, -0.1) is 0 Å². The van der Waals surface area contributed by atoms with Gasteiger partial charge in [0, 0.05) is 5.69 Å². The van der Waals surface area contributed by atoms with Gasteiger partial charge >= 0.3 is 5.97 Å². The van der Waals surface area contributed by atoms with E-state index in [2.05, 4.69) is 0 Å². The first-order chi connectivity index (χ1) is 13.9. The lowest BCUT2D eigenvalue weighted by Gasteiger charge is -2.28. The highest BCUT2D eigenvalue weighted by Crippen LogP contribution is 2.24. The van der Waals surface area contributed by atoms with Crippen molar-refractivity contribution in [1.29, 1.82) is 0 Å². The van der Waals surface area contributed by atoms with Crippen molar-refractivity contribution in [3.63, 3.8) is 0 Å². The fraction of sp³-hybridized carbons (Fsp3) is 0.333. The monoisotopic (exact) mass is 417 g/mol. The van der Waals surface area contributed by atoms with E-state index in [1.54, 1.807) is 54.6 Å². The second kappa shape index (κ2) is 9.09. The van der Waals surface area contributed by atoms with Gasteiger partial charge in [-0.05, 0) is 37.6 Å². The minimum atomic E-state index is -3.18. The fourth-order valence-electron chi connectivity index (χ4n) is 3.20. The van der Waals surface area contributed by atoms with E-state index in [1.807, 2.05) is 6.07 Å². The molecule has 8 heteroatoms. The summed E-state index contributed by atoms with van der Waals surface area (Å²) in [5.74, 6) is -0.691. The molecule has 3 rings (SSSR count). The molecule has 29 heavy (non-hydrogen) atoms. The predicted octanol–water partition coefficient (Wildman–Crippen LogP) is 2.22. The summed E-state index contributed by atoms with van der Waals surface area (Å²) < 4.78 is 34.4. The predicted molar refractivity (Wildman–Crippen MR) is 108 cm³/mol. The summed E-state index contributed by atoms with van der Waals surface area (Å²) in [5, 5.41) is 0. The van der Waals surface area contributed by atoms with Crippen molar-refractivity contribution in [3.05, 3.63) is 60.7 Å². The maximum atomic E-state index is 12.8. The molecule has 0 N–H and O–H groups in total. The summed E-state index contributed by atoms with van der Waals surface area (Å²) in [5.41, 5.74) is 0.573. The summed E-state index contributed by atoms with van der Waals surface area (Å²) in [7, 11) is -3.18. The Kier molecular flexibility index (Phi) is 6.53. The number of benzene rings is 2. The molecule has 0 saturated carbocycles. The van der Waals surface area contributed by atoms with E-state index in [9.17, 15) is 18.0 Å². The van der Waals surface area contributed by atoms with Crippen molar-refractivity contribution >= 4 is 27.4 Å². The van der Waals surface area contributed by atoms with Gasteiger partial charge in [-0.2, -0.15) is 0 Å². The van der Waals surface area contributed by atoms with E-state index >= 15 is 0 Å². The SMILES string of the molecule is C[C@@H](Oc1ccccc1)C(=O)OCC(=O)N(c1ccccc1)[C@H]1CCS(=O)(=O)C1. The highest BCUT2D eigenvalue weighted by atomic mass is 32.2. The molecule has 0 aromatic heterocycles. The molecule has 0 bridgehead atoms. The van der Waals surface area contributed by atoms with E-state index in [0.717, 1.165) is 0 Å². The summed E-state index contributed by atoms with van der Waals surface area (Å²) in [4.78, 5) is 26.5. The zero-order chi connectivity index (χ0) is 20.9. The molecule has 1 heterocycles. The molecule has 1 fully saturated rings. The van der Waals surface area contributed by atoms with Crippen LogP contribution in [0.3, 0.4) is 0 Å². The third kappa shape index (κ3) is 5.57. The van der Waals surface area contributed by atoms with Crippen LogP contribution in [-0.4, -0.2) is 50.6 Å². The second-order valence-electron chi connectivity index (χ2n) is 6.84. The average molecular weight is 417 g/mol. The molecule has 1 saturated heterocycles. The number of esters is 1. The minimum absolute atomic E-state index is 0.0377. The molecule has 154 valence electrons. The van der Waals surface area contributed by atoms with E-state index < -0.39 is 40.5 Å². The van der Waals surface area contributed by atoms with Crippen LogP contribution < -0.4 is 9.64 Å². The Hall–Kier alpha value is -2.87. The normalized spacial score (nSPS) is 18.6. The number of anilines is 1. The molecular formula is C21H23NO6S. The van der Waals surface area contributed by atoms with Gasteiger partial charge in [0.2, 0.25) is 0 Å². The van der Waals surface area contributed by atoms with Crippen LogP contribution in [0.1, 0.15) is 13.3 Å². The third-order valence-corrected chi connectivity index (χ3v) is 6.35. The molecule has 0 unspecified atom stereocenters. The molecule has 2 aromatic rings. The van der Waals surface area contributed by atoms with Gasteiger partial charge in [0.25, 0.3) is 5.91 Å². The number of amides is 1. The Morgan fingerprint density at radius 3 is 2.28 bits per heavy atom. The molecule has 2 aromatic carbocycles. The van der Waals surface area contributed by atoms with Gasteiger partial charge in [-0.1, -0.05) is 36.4 Å². The van der Waals surface area contributed by atoms with Crippen LogP contribution >= 0.6 is 0 Å². The average Bonchev–Trinajstić information content (AvgIpc) is 3.07. The van der Waals surface area contributed by atoms with Gasteiger partial charge in [0.15, 0.2) is 22.5 Å². The van der Waals surface area contributed by atoms with Crippen LogP contribution in [0.15, 0.2) is 60.7 Å². The quantitative estimate of drug-likeness (QED) is 0.642. The van der Waals surface area contributed by atoms with Crippen molar-refractivity contribution in [2.24, 2.45) is 0 Å². The summed E-state index contributed by atoms with van der Waals surface area (Å²) in [6.07, 6.45) is -0.535. The van der Waals surface area contributed by atoms with E-state index in [-0.39, 0.29) is 11.5 Å². The molecule has 1 aliphatic heterocycles. The Morgan fingerprint density at radius 1 is 1.07 bits per heavy atom. The molecule has 1 amide bonds. The molecular weight excluding hydrogens is 394 g/mol. The molecule has 0 aliphatic carbocycles. The number of rotatable bonds is 7. The number of para-hydroxylation sites is 2. The number of nitrogens with zero attached hydrogens (tertiary/aromatic N) is 1. The van der Waals surface area contributed by atoms with Crippen molar-refractivity contribution < 1.29 is 27.5 Å². The second-order valence-corrected chi connectivity index (χ2v) is 9.07. The Morgan fingerprint density at radius 2 is 1.69 bits per heavy atom. The van der Waals surface area contributed by atoms with E-state index in [4.69, 9.17) is 9.47 Å². The maximum absolute atomic E-state index is 12.8. The van der Waals surface area contributed by atoms with Crippen molar-refractivity contribution in [1.82, 2.24) is 0 Å². The topological polar surface area (TPSA) is 90.0 Å². The minimum Gasteiger partial charge on any atom is -0.479 e. The Bertz CT molecular complexity index is 946. The Labute approximate surface area is 170 Å². The lowest BCUT2D eigenvalue weighted by Crippen LogP contribution is -2.44. The lowest BCUT2D eigenvalue weighted by atomic mass is 10.2. The van der Waals surface area contributed by atoms with Gasteiger partial charge in [0.05, 0.1) is 17.5 Å². The third-order valence-electron chi connectivity index (χ3n) is 4.60. The highest BCUT2D eigenvalue weighted by Gasteiger charge is 2.36. The largest absolute Gasteiger partial charge is 0.479 e. The first-order valence-corrected chi connectivity index (χ1v) is 11.1. The van der Waals surface area contributed by atoms with Crippen LogP contribution in [0.2, 0.25) is 0 Å². The number of sulfone groups is 1. The molecule has 0 radical (unpaired) electrons. The number of hydrogen-bond acceptors (Lipinski definition) is 6. The molecule has 0 spiro atoms. The fourth-order valence-corrected chi connectivity index (χ4v) is 4.90. The summed E-state index contributed by atoms with van der Waals surface area (Å²) in [6, 6.07) is 17.1. The summed E-state index contributed by atoms with van der Waals surface area (Å²) in [6.45, 7) is 1.05. The number of carbonyl (C=O) groups is 2. The molecule has 1 aliphatic rings. The first kappa shape index (κ1) is 20.9.